The molecule has 1 aliphatic heterocycles. The summed E-state index contributed by atoms with van der Waals surface area (Å²) in [4.78, 5) is 40.0. The minimum atomic E-state index is -1.73. The van der Waals surface area contributed by atoms with Crippen LogP contribution in [-0.2, 0) is 29.3 Å². The van der Waals surface area contributed by atoms with Crippen molar-refractivity contribution in [2.45, 2.75) is 45.4 Å². The van der Waals surface area contributed by atoms with Gasteiger partial charge in [0.2, 0.25) is 11.3 Å². The van der Waals surface area contributed by atoms with Gasteiger partial charge in [-0.25, -0.2) is 0 Å². The first-order valence-corrected chi connectivity index (χ1v) is 8.77. The molecule has 0 N–H and O–H groups in total. The largest absolute Gasteiger partial charge is 0.465 e. The maximum Gasteiger partial charge on any atom is 0.328 e. The number of rotatable bonds is 7. The van der Waals surface area contributed by atoms with E-state index in [1.165, 1.54) is 0 Å². The molecule has 1 aromatic rings. The lowest BCUT2D eigenvalue weighted by atomic mass is 9.73. The van der Waals surface area contributed by atoms with Crippen LogP contribution in [0.5, 0.6) is 0 Å². The van der Waals surface area contributed by atoms with E-state index in [9.17, 15) is 14.4 Å². The fraction of sp³-hybridized carbons (Fsp3) is 0.526. The van der Waals surface area contributed by atoms with E-state index in [1.54, 1.807) is 43.0 Å². The van der Waals surface area contributed by atoms with E-state index >= 15 is 0 Å². The number of nitrogens with zero attached hydrogens (tertiary/aromatic N) is 1. The molecular weight excluding hydrogens is 322 g/mol. The van der Waals surface area contributed by atoms with Crippen molar-refractivity contribution < 1.29 is 23.9 Å². The van der Waals surface area contributed by atoms with Gasteiger partial charge in [-0.2, -0.15) is 0 Å². The maximum absolute atomic E-state index is 12.8. The smallest absolute Gasteiger partial charge is 0.328 e. The van der Waals surface area contributed by atoms with Crippen LogP contribution in [0.25, 0.3) is 0 Å². The zero-order valence-corrected chi connectivity index (χ0v) is 15.0. The number of hydrogen-bond donors (Lipinski definition) is 0. The Kier molecular flexibility index (Phi) is 6.17. The Morgan fingerprint density at radius 2 is 1.68 bits per heavy atom. The Morgan fingerprint density at radius 1 is 1.08 bits per heavy atom. The molecular formula is C19H25NO5. The van der Waals surface area contributed by atoms with Gasteiger partial charge >= 0.3 is 11.9 Å². The molecule has 1 aliphatic rings. The second-order valence-corrected chi connectivity index (χ2v) is 5.94. The molecule has 0 saturated heterocycles. The molecule has 0 saturated carbocycles. The monoisotopic (exact) mass is 347 g/mol. The van der Waals surface area contributed by atoms with Crippen molar-refractivity contribution >= 4 is 23.5 Å². The Bertz CT molecular complexity index is 637. The number of benzene rings is 1. The predicted octanol–water partition coefficient (Wildman–Crippen LogP) is 2.59. The van der Waals surface area contributed by atoms with Crippen molar-refractivity contribution in [3.05, 3.63) is 29.8 Å². The highest BCUT2D eigenvalue weighted by Crippen LogP contribution is 2.42. The molecule has 0 aliphatic carbocycles. The van der Waals surface area contributed by atoms with Crippen LogP contribution in [0.3, 0.4) is 0 Å². The minimum absolute atomic E-state index is 0.121. The van der Waals surface area contributed by atoms with E-state index in [4.69, 9.17) is 9.47 Å². The van der Waals surface area contributed by atoms with Crippen LogP contribution in [0.2, 0.25) is 0 Å². The first-order chi connectivity index (χ1) is 12.0. The lowest BCUT2D eigenvalue weighted by molar-refractivity contribution is -0.167. The van der Waals surface area contributed by atoms with Crippen molar-refractivity contribution in [3.8, 4) is 0 Å². The van der Waals surface area contributed by atoms with Gasteiger partial charge < -0.3 is 14.4 Å². The summed E-state index contributed by atoms with van der Waals surface area (Å²) in [5.41, 5.74) is -0.682. The number of amides is 1. The number of hydrogen-bond acceptors (Lipinski definition) is 5. The van der Waals surface area contributed by atoms with Gasteiger partial charge in [0, 0.05) is 17.8 Å². The van der Waals surface area contributed by atoms with E-state index in [0.29, 0.717) is 17.8 Å². The fourth-order valence-corrected chi connectivity index (χ4v) is 3.14. The highest BCUT2D eigenvalue weighted by Gasteiger charge is 2.56. The van der Waals surface area contributed by atoms with Crippen molar-refractivity contribution in [3.63, 3.8) is 0 Å². The molecule has 0 atom stereocenters. The molecule has 0 fully saturated rings. The molecule has 25 heavy (non-hydrogen) atoms. The SMILES string of the molecule is CCCCN1C(=O)CC(C(=O)OCC)(C(=O)OCC)c2ccccc21. The van der Waals surface area contributed by atoms with Gasteiger partial charge in [0.1, 0.15) is 0 Å². The highest BCUT2D eigenvalue weighted by atomic mass is 16.6. The van der Waals surface area contributed by atoms with E-state index in [0.717, 1.165) is 12.8 Å². The normalized spacial score (nSPS) is 15.5. The summed E-state index contributed by atoms with van der Waals surface area (Å²) < 4.78 is 10.3. The molecule has 1 amide bonds. The van der Waals surface area contributed by atoms with E-state index in [-0.39, 0.29) is 25.5 Å². The van der Waals surface area contributed by atoms with Gasteiger partial charge in [0.05, 0.1) is 19.6 Å². The molecule has 1 aromatic carbocycles. The molecule has 0 spiro atoms. The molecule has 0 aromatic heterocycles. The minimum Gasteiger partial charge on any atom is -0.465 e. The molecule has 0 bridgehead atoms. The van der Waals surface area contributed by atoms with E-state index < -0.39 is 17.4 Å². The average molecular weight is 347 g/mol. The van der Waals surface area contributed by atoms with Crippen LogP contribution < -0.4 is 4.90 Å². The van der Waals surface area contributed by atoms with Gasteiger partial charge in [-0.1, -0.05) is 31.5 Å². The van der Waals surface area contributed by atoms with Crippen LogP contribution in [0.1, 0.15) is 45.6 Å². The number of ether oxygens (including phenoxy) is 2. The predicted molar refractivity (Wildman–Crippen MR) is 93.3 cm³/mol. The summed E-state index contributed by atoms with van der Waals surface area (Å²) in [6.45, 7) is 6.17. The maximum atomic E-state index is 12.8. The van der Waals surface area contributed by atoms with Crippen molar-refractivity contribution in [2.24, 2.45) is 0 Å². The first-order valence-electron chi connectivity index (χ1n) is 8.77. The zero-order valence-electron chi connectivity index (χ0n) is 15.0. The molecule has 2 rings (SSSR count). The van der Waals surface area contributed by atoms with Crippen molar-refractivity contribution in [1.29, 1.82) is 0 Å². The van der Waals surface area contributed by atoms with E-state index in [2.05, 4.69) is 0 Å². The zero-order chi connectivity index (χ0) is 18.4. The second kappa shape index (κ2) is 8.14. The molecule has 6 heteroatoms. The standard InChI is InChI=1S/C19H25NO5/c1-4-7-12-20-15-11-9-8-10-14(15)19(13-16(20)21,17(22)24-5-2)18(23)25-6-3/h8-11H,4-7,12-13H2,1-3H3. The number of esters is 2. The Balaban J connectivity index is 2.61. The summed E-state index contributed by atoms with van der Waals surface area (Å²) in [6, 6.07) is 7.00. The summed E-state index contributed by atoms with van der Waals surface area (Å²) >= 11 is 0. The molecule has 6 nitrogen and oxygen atoms in total. The van der Waals surface area contributed by atoms with Crippen LogP contribution >= 0.6 is 0 Å². The topological polar surface area (TPSA) is 72.9 Å². The first kappa shape index (κ1) is 19.0. The average Bonchev–Trinajstić information content (AvgIpc) is 2.60. The van der Waals surface area contributed by atoms with Gasteiger partial charge in [-0.15, -0.1) is 0 Å². The van der Waals surface area contributed by atoms with Crippen LogP contribution in [0.15, 0.2) is 24.3 Å². The number of anilines is 1. The lowest BCUT2D eigenvalue weighted by Crippen LogP contribution is -2.54. The number of para-hydroxylation sites is 1. The third kappa shape index (κ3) is 3.38. The number of carbonyl (C=O) groups excluding carboxylic acids is 3. The summed E-state index contributed by atoms with van der Waals surface area (Å²) in [5, 5.41) is 0. The third-order valence-electron chi connectivity index (χ3n) is 4.36. The summed E-state index contributed by atoms with van der Waals surface area (Å²) in [7, 11) is 0. The molecule has 0 radical (unpaired) electrons. The Hall–Kier alpha value is -2.37. The van der Waals surface area contributed by atoms with Crippen LogP contribution in [-0.4, -0.2) is 37.6 Å². The van der Waals surface area contributed by atoms with Crippen LogP contribution in [0.4, 0.5) is 5.69 Å². The Morgan fingerprint density at radius 3 is 2.24 bits per heavy atom. The van der Waals surface area contributed by atoms with Crippen molar-refractivity contribution in [1.82, 2.24) is 0 Å². The van der Waals surface area contributed by atoms with Crippen LogP contribution in [0, 0.1) is 0 Å². The van der Waals surface area contributed by atoms with Crippen molar-refractivity contribution in [2.75, 3.05) is 24.7 Å². The second-order valence-electron chi connectivity index (χ2n) is 5.94. The molecule has 0 unspecified atom stereocenters. The summed E-state index contributed by atoms with van der Waals surface area (Å²) in [5.74, 6) is -1.73. The van der Waals surface area contributed by atoms with Gasteiger partial charge in [-0.05, 0) is 26.3 Å². The Labute approximate surface area is 148 Å². The third-order valence-corrected chi connectivity index (χ3v) is 4.36. The fourth-order valence-electron chi connectivity index (χ4n) is 3.14. The van der Waals surface area contributed by atoms with Gasteiger partial charge in [0.25, 0.3) is 0 Å². The molecule has 136 valence electrons. The number of carbonyl (C=O) groups is 3. The van der Waals surface area contributed by atoms with E-state index in [1.807, 2.05) is 6.92 Å². The lowest BCUT2D eigenvalue weighted by Gasteiger charge is -2.39. The quantitative estimate of drug-likeness (QED) is 0.560. The highest BCUT2D eigenvalue weighted by molar-refractivity contribution is 6.15. The molecule has 1 heterocycles. The number of fused-ring (bicyclic) bond motifs is 1. The van der Waals surface area contributed by atoms with Gasteiger partial charge in [-0.3, -0.25) is 14.4 Å². The summed E-state index contributed by atoms with van der Waals surface area (Å²) in [6.07, 6.45) is 1.50. The van der Waals surface area contributed by atoms with Gasteiger partial charge in [0.15, 0.2) is 0 Å². The number of unbranched alkanes of at least 4 members (excludes halogenated alkanes) is 1.